The van der Waals surface area contributed by atoms with E-state index in [2.05, 4.69) is 4.98 Å². The molecule has 2 aromatic rings. The molecule has 0 bridgehead atoms. The van der Waals surface area contributed by atoms with Crippen LogP contribution in [0, 0.1) is 0 Å². The fourth-order valence-corrected chi connectivity index (χ4v) is 4.10. The molecule has 0 amide bonds. The van der Waals surface area contributed by atoms with E-state index in [-0.39, 0.29) is 5.56 Å². The number of hydrogen-bond donors (Lipinski definition) is 2. The van der Waals surface area contributed by atoms with E-state index >= 15 is 0 Å². The average Bonchev–Trinajstić information content (AvgIpc) is 2.99. The lowest BCUT2D eigenvalue weighted by Crippen LogP contribution is -2.28. The summed E-state index contributed by atoms with van der Waals surface area (Å²) in [6.07, 6.45) is 6.78. The summed E-state index contributed by atoms with van der Waals surface area (Å²) >= 11 is 1.41. The van der Waals surface area contributed by atoms with Gasteiger partial charge in [0.05, 0.1) is 12.3 Å². The topological polar surface area (TPSA) is 62.3 Å². The maximum Gasteiger partial charge on any atom is 0.266 e. The number of pyridine rings is 1. The van der Waals surface area contributed by atoms with E-state index in [0.717, 1.165) is 29.5 Å². The molecule has 0 radical (unpaired) electrons. The van der Waals surface area contributed by atoms with Crippen LogP contribution in [0.25, 0.3) is 10.1 Å². The van der Waals surface area contributed by atoms with Crippen LogP contribution < -0.4 is 10.3 Å². The van der Waals surface area contributed by atoms with E-state index < -0.39 is 5.60 Å². The molecule has 3 heterocycles. The largest absolute Gasteiger partial charge is 0.492 e. The van der Waals surface area contributed by atoms with Crippen LogP contribution in [0.15, 0.2) is 22.3 Å². The number of thiophene rings is 1. The van der Waals surface area contributed by atoms with E-state index in [9.17, 15) is 9.90 Å². The van der Waals surface area contributed by atoms with E-state index in [1.165, 1.54) is 11.3 Å². The summed E-state index contributed by atoms with van der Waals surface area (Å²) in [7, 11) is 0. The molecule has 0 fully saturated rings. The second-order valence-electron chi connectivity index (χ2n) is 5.48. The zero-order valence-electron chi connectivity index (χ0n) is 10.9. The molecule has 104 valence electrons. The highest BCUT2D eigenvalue weighted by molar-refractivity contribution is 7.17. The lowest BCUT2D eigenvalue weighted by Gasteiger charge is -2.25. The van der Waals surface area contributed by atoms with Gasteiger partial charge in [-0.15, -0.1) is 11.3 Å². The van der Waals surface area contributed by atoms with Crippen molar-refractivity contribution < 1.29 is 9.84 Å². The quantitative estimate of drug-likeness (QED) is 0.793. The molecular weight excluding hydrogens is 274 g/mol. The number of aryl methyl sites for hydroxylation is 1. The lowest BCUT2D eigenvalue weighted by atomic mass is 9.89. The summed E-state index contributed by atoms with van der Waals surface area (Å²) in [5.74, 6) is 0.791. The van der Waals surface area contributed by atoms with Gasteiger partial charge in [0.25, 0.3) is 5.56 Å². The second kappa shape index (κ2) is 4.20. The van der Waals surface area contributed by atoms with Crippen LogP contribution in [0.2, 0.25) is 0 Å². The number of aliphatic hydroxyl groups is 1. The van der Waals surface area contributed by atoms with Crippen molar-refractivity contribution >= 4 is 21.4 Å². The summed E-state index contributed by atoms with van der Waals surface area (Å²) in [6.45, 7) is 0.658. The molecule has 2 aliphatic rings. The molecule has 1 aliphatic carbocycles. The minimum Gasteiger partial charge on any atom is -0.492 e. The second-order valence-corrected chi connectivity index (χ2v) is 6.35. The van der Waals surface area contributed by atoms with Gasteiger partial charge in [-0.05, 0) is 18.4 Å². The number of H-pyrrole nitrogens is 1. The lowest BCUT2D eigenvalue weighted by molar-refractivity contribution is 0.0453. The predicted molar refractivity (Wildman–Crippen MR) is 78.5 cm³/mol. The van der Waals surface area contributed by atoms with Gasteiger partial charge in [0.15, 0.2) is 0 Å². The third-order valence-corrected chi connectivity index (χ3v) is 5.13. The maximum atomic E-state index is 12.3. The number of nitrogens with one attached hydrogen (secondary N) is 1. The van der Waals surface area contributed by atoms with Gasteiger partial charge in [0, 0.05) is 23.6 Å². The molecule has 0 saturated heterocycles. The third kappa shape index (κ3) is 1.60. The van der Waals surface area contributed by atoms with Crippen molar-refractivity contribution in [3.8, 4) is 5.75 Å². The third-order valence-electron chi connectivity index (χ3n) is 4.18. The van der Waals surface area contributed by atoms with Crippen LogP contribution in [-0.2, 0) is 12.0 Å². The molecule has 0 atom stereocenters. The van der Waals surface area contributed by atoms with Gasteiger partial charge in [-0.1, -0.05) is 12.2 Å². The summed E-state index contributed by atoms with van der Waals surface area (Å²) in [6, 6.07) is 0. The normalized spacial score (nSPS) is 20.1. The van der Waals surface area contributed by atoms with Crippen molar-refractivity contribution in [1.82, 2.24) is 4.98 Å². The van der Waals surface area contributed by atoms with Gasteiger partial charge in [-0.3, -0.25) is 4.79 Å². The molecule has 20 heavy (non-hydrogen) atoms. The van der Waals surface area contributed by atoms with E-state index in [4.69, 9.17) is 4.74 Å². The molecule has 0 unspecified atom stereocenters. The van der Waals surface area contributed by atoms with Gasteiger partial charge in [0.2, 0.25) is 0 Å². The van der Waals surface area contributed by atoms with Crippen LogP contribution in [-0.4, -0.2) is 16.7 Å². The standard InChI is InChI=1S/C15H15NO3S/c17-14-12-11-9(4-3-7-19-10(11)8-20-12)13(16-14)15(18)5-1-2-6-15/h1-2,8,18H,3-7H2,(H,16,17). The molecule has 0 saturated carbocycles. The highest BCUT2D eigenvalue weighted by Gasteiger charge is 2.35. The predicted octanol–water partition coefficient (Wildman–Crippen LogP) is 2.45. The van der Waals surface area contributed by atoms with Crippen LogP contribution in [0.3, 0.4) is 0 Å². The molecule has 4 rings (SSSR count). The summed E-state index contributed by atoms with van der Waals surface area (Å²) in [5.41, 5.74) is 0.650. The fraction of sp³-hybridized carbons (Fsp3) is 0.400. The molecule has 4 nitrogen and oxygen atoms in total. The fourth-order valence-electron chi connectivity index (χ4n) is 3.19. The highest BCUT2D eigenvalue weighted by atomic mass is 32.1. The van der Waals surface area contributed by atoms with E-state index in [1.54, 1.807) is 0 Å². The first-order chi connectivity index (χ1) is 9.69. The van der Waals surface area contributed by atoms with E-state index in [1.807, 2.05) is 17.5 Å². The van der Waals surface area contributed by atoms with Crippen LogP contribution in [0.4, 0.5) is 0 Å². The van der Waals surface area contributed by atoms with Crippen molar-refractivity contribution in [2.45, 2.75) is 31.3 Å². The van der Waals surface area contributed by atoms with Crippen LogP contribution in [0.5, 0.6) is 5.75 Å². The van der Waals surface area contributed by atoms with Gasteiger partial charge in [-0.25, -0.2) is 0 Å². The maximum absolute atomic E-state index is 12.3. The average molecular weight is 289 g/mol. The summed E-state index contributed by atoms with van der Waals surface area (Å²) in [5, 5.41) is 13.6. The SMILES string of the molecule is O=c1[nH]c(C2(O)CC=CC2)c2c3c(csc13)OCCC2. The van der Waals surface area contributed by atoms with Crippen molar-refractivity contribution in [1.29, 1.82) is 0 Å². The molecule has 2 aromatic heterocycles. The zero-order chi connectivity index (χ0) is 13.7. The molecule has 5 heteroatoms. The summed E-state index contributed by atoms with van der Waals surface area (Å²) in [4.78, 5) is 15.2. The Kier molecular flexibility index (Phi) is 2.56. The Morgan fingerprint density at radius 1 is 1.35 bits per heavy atom. The van der Waals surface area contributed by atoms with Gasteiger partial charge < -0.3 is 14.8 Å². The van der Waals surface area contributed by atoms with Crippen LogP contribution >= 0.6 is 11.3 Å². The first kappa shape index (κ1) is 12.2. The number of aromatic nitrogens is 1. The van der Waals surface area contributed by atoms with Gasteiger partial charge >= 0.3 is 0 Å². The van der Waals surface area contributed by atoms with Crippen molar-refractivity contribution in [3.05, 3.63) is 39.1 Å². The molecule has 1 aliphatic heterocycles. The Morgan fingerprint density at radius 3 is 2.95 bits per heavy atom. The number of rotatable bonds is 1. The van der Waals surface area contributed by atoms with Crippen molar-refractivity contribution in [3.63, 3.8) is 0 Å². The Balaban J connectivity index is 2.06. The number of aromatic amines is 1. The van der Waals surface area contributed by atoms with E-state index in [0.29, 0.717) is 29.8 Å². The minimum atomic E-state index is -0.966. The zero-order valence-corrected chi connectivity index (χ0v) is 11.8. The van der Waals surface area contributed by atoms with Gasteiger partial charge in [-0.2, -0.15) is 0 Å². The molecule has 0 aromatic carbocycles. The highest BCUT2D eigenvalue weighted by Crippen LogP contribution is 2.41. The minimum absolute atomic E-state index is 0.124. The smallest absolute Gasteiger partial charge is 0.266 e. The Hall–Kier alpha value is -1.59. The first-order valence-corrected chi connectivity index (χ1v) is 7.74. The van der Waals surface area contributed by atoms with Crippen molar-refractivity contribution in [2.24, 2.45) is 0 Å². The van der Waals surface area contributed by atoms with Gasteiger partial charge in [0.1, 0.15) is 16.1 Å². The Bertz CT molecular complexity index is 763. The monoisotopic (exact) mass is 289 g/mol. The molecule has 2 N–H and O–H groups in total. The Morgan fingerprint density at radius 2 is 2.15 bits per heavy atom. The Labute approximate surface area is 119 Å². The number of hydrogen-bond acceptors (Lipinski definition) is 4. The molecule has 0 spiro atoms. The molecular formula is C15H15NO3S. The first-order valence-electron chi connectivity index (χ1n) is 6.86. The van der Waals surface area contributed by atoms with Crippen LogP contribution in [0.1, 0.15) is 30.5 Å². The number of ether oxygens (including phenoxy) is 1. The summed E-state index contributed by atoms with van der Waals surface area (Å²) < 4.78 is 6.43. The van der Waals surface area contributed by atoms with Crippen molar-refractivity contribution in [2.75, 3.05) is 6.61 Å².